The zero-order valence-corrected chi connectivity index (χ0v) is 16.9. The molecule has 2 aromatic carbocycles. The second kappa shape index (κ2) is 7.85. The zero-order valence-electron chi connectivity index (χ0n) is 14.7. The molecule has 0 saturated carbocycles. The monoisotopic (exact) mass is 477 g/mol. The minimum absolute atomic E-state index is 0.163. The number of hydrogen-bond donors (Lipinski definition) is 1. The molecule has 4 rings (SSSR count). The third kappa shape index (κ3) is 3.93. The van der Waals surface area contributed by atoms with Crippen LogP contribution in [0.1, 0.15) is 6.42 Å². The Labute approximate surface area is 171 Å². The molecule has 1 atom stereocenters. The zero-order chi connectivity index (χ0) is 18.8. The molecule has 0 spiro atoms. The van der Waals surface area contributed by atoms with Crippen molar-refractivity contribution >= 4 is 51.5 Å². The molecule has 6 nitrogen and oxygen atoms in total. The smallest absolute Gasteiger partial charge is 0.256 e. The van der Waals surface area contributed by atoms with E-state index in [0.717, 1.165) is 41.2 Å². The van der Waals surface area contributed by atoms with Crippen molar-refractivity contribution in [3.05, 3.63) is 52.1 Å². The number of carbonyl (C=O) groups is 2. The SMILES string of the molecule is O=C1CC(Nc2ccc(N3CCOCC3)cc2)C(=O)N1c1ccc(I)cc1. The van der Waals surface area contributed by atoms with E-state index in [-0.39, 0.29) is 18.2 Å². The van der Waals surface area contributed by atoms with Crippen LogP contribution in [0.5, 0.6) is 0 Å². The third-order valence-electron chi connectivity index (χ3n) is 4.82. The topological polar surface area (TPSA) is 61.9 Å². The quantitative estimate of drug-likeness (QED) is 0.543. The van der Waals surface area contributed by atoms with Gasteiger partial charge in [-0.3, -0.25) is 9.59 Å². The Morgan fingerprint density at radius 3 is 2.22 bits per heavy atom. The normalized spacial score (nSPS) is 20.3. The van der Waals surface area contributed by atoms with Crippen molar-refractivity contribution in [3.8, 4) is 0 Å². The first-order valence-corrected chi connectivity index (χ1v) is 10.0. The lowest BCUT2D eigenvalue weighted by molar-refractivity contribution is -0.121. The molecular formula is C20H20IN3O3. The molecule has 7 heteroatoms. The molecule has 2 amide bonds. The van der Waals surface area contributed by atoms with E-state index in [9.17, 15) is 9.59 Å². The predicted molar refractivity (Wildman–Crippen MR) is 113 cm³/mol. The number of amides is 2. The van der Waals surface area contributed by atoms with Gasteiger partial charge in [-0.25, -0.2) is 4.90 Å². The van der Waals surface area contributed by atoms with Gasteiger partial charge in [-0.2, -0.15) is 0 Å². The Morgan fingerprint density at radius 1 is 0.926 bits per heavy atom. The highest BCUT2D eigenvalue weighted by molar-refractivity contribution is 14.1. The van der Waals surface area contributed by atoms with Crippen molar-refractivity contribution in [1.29, 1.82) is 0 Å². The predicted octanol–water partition coefficient (Wildman–Crippen LogP) is 2.87. The van der Waals surface area contributed by atoms with Gasteiger partial charge in [0, 0.05) is 28.0 Å². The standard InChI is InChI=1S/C20H20IN3O3/c21-14-1-5-17(6-2-14)24-19(25)13-18(20(24)26)22-15-3-7-16(8-4-15)23-9-11-27-12-10-23/h1-8,18,22H,9-13H2. The van der Waals surface area contributed by atoms with E-state index < -0.39 is 6.04 Å². The van der Waals surface area contributed by atoms with Gasteiger partial charge in [-0.15, -0.1) is 0 Å². The van der Waals surface area contributed by atoms with Gasteiger partial charge in [0.2, 0.25) is 5.91 Å². The summed E-state index contributed by atoms with van der Waals surface area (Å²) in [5.74, 6) is -0.387. The number of rotatable bonds is 4. The minimum Gasteiger partial charge on any atom is -0.378 e. The lowest BCUT2D eigenvalue weighted by Crippen LogP contribution is -2.36. The fourth-order valence-electron chi connectivity index (χ4n) is 3.40. The summed E-state index contributed by atoms with van der Waals surface area (Å²) in [6.07, 6.45) is 0.163. The van der Waals surface area contributed by atoms with Crippen LogP contribution in [-0.2, 0) is 14.3 Å². The van der Waals surface area contributed by atoms with E-state index in [0.29, 0.717) is 5.69 Å². The summed E-state index contributed by atoms with van der Waals surface area (Å²) in [5.41, 5.74) is 2.60. The summed E-state index contributed by atoms with van der Waals surface area (Å²) in [5, 5.41) is 3.21. The highest BCUT2D eigenvalue weighted by Gasteiger charge is 2.39. The van der Waals surface area contributed by atoms with Crippen LogP contribution < -0.4 is 15.1 Å². The highest BCUT2D eigenvalue weighted by Crippen LogP contribution is 2.26. The van der Waals surface area contributed by atoms with E-state index in [1.165, 1.54) is 4.90 Å². The molecule has 0 bridgehead atoms. The number of ether oxygens (including phenoxy) is 1. The summed E-state index contributed by atoms with van der Waals surface area (Å²) in [6, 6.07) is 14.8. The summed E-state index contributed by atoms with van der Waals surface area (Å²) in [7, 11) is 0. The van der Waals surface area contributed by atoms with Gasteiger partial charge in [0.15, 0.2) is 0 Å². The van der Waals surface area contributed by atoms with Gasteiger partial charge in [0.25, 0.3) is 5.91 Å². The number of carbonyl (C=O) groups excluding carboxylic acids is 2. The van der Waals surface area contributed by atoms with Crippen LogP contribution in [0.3, 0.4) is 0 Å². The Hall–Kier alpha value is -2.13. The van der Waals surface area contributed by atoms with Gasteiger partial charge in [-0.05, 0) is 71.1 Å². The van der Waals surface area contributed by atoms with E-state index in [4.69, 9.17) is 4.74 Å². The molecule has 1 N–H and O–H groups in total. The van der Waals surface area contributed by atoms with Crippen LogP contribution in [0.15, 0.2) is 48.5 Å². The summed E-state index contributed by atoms with van der Waals surface area (Å²) in [4.78, 5) is 28.7. The van der Waals surface area contributed by atoms with E-state index in [2.05, 4.69) is 32.8 Å². The number of imide groups is 1. The average Bonchev–Trinajstić information content (AvgIpc) is 2.97. The fourth-order valence-corrected chi connectivity index (χ4v) is 3.76. The van der Waals surface area contributed by atoms with Gasteiger partial charge >= 0.3 is 0 Å². The molecule has 0 aliphatic carbocycles. The summed E-state index contributed by atoms with van der Waals surface area (Å²) >= 11 is 2.20. The number of morpholine rings is 1. The molecule has 0 radical (unpaired) electrons. The van der Waals surface area contributed by atoms with Crippen LogP contribution in [0.2, 0.25) is 0 Å². The molecule has 1 unspecified atom stereocenters. The summed E-state index contributed by atoms with van der Waals surface area (Å²) in [6.45, 7) is 3.25. The number of hydrogen-bond acceptors (Lipinski definition) is 5. The van der Waals surface area contributed by atoms with Crippen LogP contribution in [0.4, 0.5) is 17.1 Å². The maximum atomic E-state index is 12.7. The van der Waals surface area contributed by atoms with Gasteiger partial charge in [0.05, 0.1) is 25.3 Å². The van der Waals surface area contributed by atoms with Crippen LogP contribution in [0, 0.1) is 3.57 Å². The maximum absolute atomic E-state index is 12.7. The summed E-state index contributed by atoms with van der Waals surface area (Å²) < 4.78 is 6.44. The van der Waals surface area contributed by atoms with Crippen molar-refractivity contribution in [2.45, 2.75) is 12.5 Å². The Balaban J connectivity index is 1.44. The van der Waals surface area contributed by atoms with Crippen LogP contribution >= 0.6 is 22.6 Å². The average molecular weight is 477 g/mol. The lowest BCUT2D eigenvalue weighted by atomic mass is 10.2. The number of nitrogens with one attached hydrogen (secondary N) is 1. The first-order chi connectivity index (χ1) is 13.1. The number of anilines is 3. The van der Waals surface area contributed by atoms with Gasteiger partial charge in [0.1, 0.15) is 6.04 Å². The molecule has 2 aliphatic rings. The first kappa shape index (κ1) is 18.2. The molecule has 140 valence electrons. The van der Waals surface area contributed by atoms with Crippen molar-refractivity contribution in [2.24, 2.45) is 0 Å². The Morgan fingerprint density at radius 2 is 1.56 bits per heavy atom. The van der Waals surface area contributed by atoms with Crippen molar-refractivity contribution in [2.75, 3.05) is 41.4 Å². The lowest BCUT2D eigenvalue weighted by Gasteiger charge is -2.29. The number of halogens is 1. The molecule has 27 heavy (non-hydrogen) atoms. The van der Waals surface area contributed by atoms with E-state index in [1.807, 2.05) is 36.4 Å². The second-order valence-electron chi connectivity index (χ2n) is 6.59. The molecule has 2 saturated heterocycles. The van der Waals surface area contributed by atoms with Gasteiger partial charge < -0.3 is 15.0 Å². The molecule has 2 fully saturated rings. The molecule has 2 heterocycles. The highest BCUT2D eigenvalue weighted by atomic mass is 127. The van der Waals surface area contributed by atoms with Crippen molar-refractivity contribution in [3.63, 3.8) is 0 Å². The first-order valence-electron chi connectivity index (χ1n) is 8.93. The second-order valence-corrected chi connectivity index (χ2v) is 7.84. The third-order valence-corrected chi connectivity index (χ3v) is 5.54. The maximum Gasteiger partial charge on any atom is 0.256 e. The van der Waals surface area contributed by atoms with Crippen LogP contribution in [0.25, 0.3) is 0 Å². The van der Waals surface area contributed by atoms with Crippen molar-refractivity contribution in [1.82, 2.24) is 0 Å². The molecule has 0 aromatic heterocycles. The Bertz CT molecular complexity index is 833. The number of nitrogens with zero attached hydrogens (tertiary/aromatic N) is 2. The van der Waals surface area contributed by atoms with Crippen LogP contribution in [-0.4, -0.2) is 44.2 Å². The Kier molecular flexibility index (Phi) is 5.31. The van der Waals surface area contributed by atoms with E-state index >= 15 is 0 Å². The number of benzene rings is 2. The van der Waals surface area contributed by atoms with E-state index in [1.54, 1.807) is 12.1 Å². The fraction of sp³-hybridized carbons (Fsp3) is 0.300. The minimum atomic E-state index is -0.536. The van der Waals surface area contributed by atoms with Crippen molar-refractivity contribution < 1.29 is 14.3 Å². The van der Waals surface area contributed by atoms with Gasteiger partial charge in [-0.1, -0.05) is 0 Å². The largest absolute Gasteiger partial charge is 0.378 e. The molecule has 2 aliphatic heterocycles. The molecular weight excluding hydrogens is 457 g/mol. The molecule has 2 aromatic rings.